The number of ether oxygens (including phenoxy) is 1. The van der Waals surface area contributed by atoms with Crippen molar-refractivity contribution >= 4 is 45.8 Å². The van der Waals surface area contributed by atoms with Gasteiger partial charge in [-0.05, 0) is 71.8 Å². The van der Waals surface area contributed by atoms with Crippen molar-refractivity contribution < 1.29 is 9.84 Å². The van der Waals surface area contributed by atoms with Gasteiger partial charge in [-0.1, -0.05) is 81.6 Å². The third kappa shape index (κ3) is 11.9. The van der Waals surface area contributed by atoms with Gasteiger partial charge in [-0.2, -0.15) is 0 Å². The van der Waals surface area contributed by atoms with Crippen molar-refractivity contribution in [3.05, 3.63) is 163 Å². The number of aromatic hydroxyl groups is 1. The molecule has 3 N–H and O–H groups in total. The number of methoxy groups -OCH3 is 1. The molecule has 8 heteroatoms. The number of nitrogens with zero attached hydrogens (tertiary/aromatic N) is 3. The summed E-state index contributed by atoms with van der Waals surface area (Å²) in [5.74, 6) is 2.74. The molecule has 248 valence electrons. The Morgan fingerprint density at radius 1 is 0.562 bits per heavy atom. The van der Waals surface area contributed by atoms with Crippen molar-refractivity contribution in [3.8, 4) is 11.5 Å². The molecule has 48 heavy (non-hydrogen) atoms. The van der Waals surface area contributed by atoms with Crippen LogP contribution in [0.4, 0.5) is 11.6 Å². The zero-order chi connectivity index (χ0) is 31.1. The number of hydrogen-bond donors (Lipinski definition) is 3. The molecular formula is C40H44ClN5O2. The smallest absolute Gasteiger partial charge is 0.126 e. The molecule has 0 spiro atoms. The number of hydrogen-bond acceptors (Lipinski definition) is 7. The molecular weight excluding hydrogens is 618 g/mol. The second-order valence-electron chi connectivity index (χ2n) is 10.0. The van der Waals surface area contributed by atoms with Crippen molar-refractivity contribution in [1.82, 2.24) is 15.0 Å². The molecule has 0 aliphatic rings. The lowest BCUT2D eigenvalue weighted by molar-refractivity contribution is 0.415. The van der Waals surface area contributed by atoms with E-state index in [0.717, 1.165) is 52.3 Å². The highest BCUT2D eigenvalue weighted by molar-refractivity contribution is 5.85. The zero-order valence-corrected chi connectivity index (χ0v) is 26.3. The van der Waals surface area contributed by atoms with Crippen LogP contribution < -0.4 is 15.4 Å². The van der Waals surface area contributed by atoms with Gasteiger partial charge in [0.15, 0.2) is 0 Å². The molecule has 3 aromatic heterocycles. The highest BCUT2D eigenvalue weighted by atomic mass is 35.5. The second kappa shape index (κ2) is 20.5. The Morgan fingerprint density at radius 2 is 1.02 bits per heavy atom. The van der Waals surface area contributed by atoms with Gasteiger partial charge in [0, 0.05) is 48.4 Å². The van der Waals surface area contributed by atoms with Crippen molar-refractivity contribution in [3.63, 3.8) is 0 Å². The fourth-order valence-corrected chi connectivity index (χ4v) is 4.42. The highest BCUT2D eigenvalue weighted by Gasteiger charge is 2.01. The SMILES string of the molecule is C.C.COc1ccc2ccc(NCc3ccccc3)nc2c1.Cl.Oc1ccc2ccc(NCc3ccccc3)nc2c1.c1ccncc1. The molecule has 7 nitrogen and oxygen atoms in total. The van der Waals surface area contributed by atoms with E-state index >= 15 is 0 Å². The van der Waals surface area contributed by atoms with Crippen LogP contribution in [0.15, 0.2) is 152 Å². The molecule has 0 atom stereocenters. The molecule has 0 saturated carbocycles. The summed E-state index contributed by atoms with van der Waals surface area (Å²) in [6.07, 6.45) is 3.50. The van der Waals surface area contributed by atoms with Crippen molar-refractivity contribution in [2.75, 3.05) is 17.7 Å². The average molecular weight is 662 g/mol. The number of anilines is 2. The summed E-state index contributed by atoms with van der Waals surface area (Å²) in [5.41, 5.74) is 4.17. The minimum Gasteiger partial charge on any atom is -0.508 e. The van der Waals surface area contributed by atoms with Crippen LogP contribution in [0.5, 0.6) is 11.5 Å². The molecule has 7 rings (SSSR count). The number of phenols is 1. The summed E-state index contributed by atoms with van der Waals surface area (Å²) in [7, 11) is 1.67. The Bertz CT molecular complexity index is 1880. The molecule has 0 aliphatic heterocycles. The maximum atomic E-state index is 9.47. The molecule has 0 fully saturated rings. The topological polar surface area (TPSA) is 92.2 Å². The van der Waals surface area contributed by atoms with Crippen molar-refractivity contribution in [2.24, 2.45) is 0 Å². The number of halogens is 1. The minimum absolute atomic E-state index is 0. The number of benzene rings is 4. The Kier molecular flexibility index (Phi) is 16.4. The molecule has 0 amide bonds. The molecule has 4 aromatic carbocycles. The normalized spacial score (nSPS) is 9.52. The molecule has 0 radical (unpaired) electrons. The lowest BCUT2D eigenvalue weighted by Gasteiger charge is -2.07. The van der Waals surface area contributed by atoms with Gasteiger partial charge in [-0.15, -0.1) is 12.4 Å². The van der Waals surface area contributed by atoms with Crippen LogP contribution >= 0.6 is 12.4 Å². The van der Waals surface area contributed by atoms with E-state index in [-0.39, 0.29) is 33.0 Å². The summed E-state index contributed by atoms with van der Waals surface area (Å²) in [6, 6.07) is 45.3. The van der Waals surface area contributed by atoms with E-state index in [9.17, 15) is 5.11 Å². The maximum Gasteiger partial charge on any atom is 0.126 e. The molecule has 0 aliphatic carbocycles. The molecule has 7 aromatic rings. The van der Waals surface area contributed by atoms with Crippen LogP contribution in [0, 0.1) is 0 Å². The van der Waals surface area contributed by atoms with Crippen molar-refractivity contribution in [2.45, 2.75) is 27.9 Å². The lowest BCUT2D eigenvalue weighted by atomic mass is 10.2. The van der Waals surface area contributed by atoms with Gasteiger partial charge in [0.25, 0.3) is 0 Å². The predicted octanol–water partition coefficient (Wildman–Crippen LogP) is 10.2. The molecule has 0 saturated heterocycles. The minimum atomic E-state index is 0. The first-order chi connectivity index (χ1) is 22.2. The molecule has 0 bridgehead atoms. The Balaban J connectivity index is 0.000000270. The lowest BCUT2D eigenvalue weighted by Crippen LogP contribution is -2.01. The largest absolute Gasteiger partial charge is 0.508 e. The third-order valence-electron chi connectivity index (χ3n) is 6.77. The van der Waals surface area contributed by atoms with E-state index in [0.29, 0.717) is 0 Å². The first kappa shape index (κ1) is 38.5. The van der Waals surface area contributed by atoms with Gasteiger partial charge in [0.05, 0.1) is 18.1 Å². The summed E-state index contributed by atoms with van der Waals surface area (Å²) < 4.78 is 5.23. The van der Waals surface area contributed by atoms with Crippen LogP contribution in [-0.2, 0) is 13.1 Å². The standard InChI is InChI=1S/C17H16N2O.C16H14N2O.C5H5N.2CH4.ClH/c1-20-15-9-7-14-8-10-17(19-16(14)11-15)18-12-13-5-3-2-4-6-13;19-14-8-6-13-7-9-16(18-15(13)10-14)17-11-12-4-2-1-3-5-12;1-2-4-6-5-3-1;;;/h2-11H,12H2,1H3,(H,18,19);1-10,19H,11H2,(H,17,18);1-5H;2*1H4;1H. The summed E-state index contributed by atoms with van der Waals surface area (Å²) in [5, 5.41) is 18.2. The van der Waals surface area contributed by atoms with Crippen LogP contribution in [0.25, 0.3) is 21.8 Å². The highest BCUT2D eigenvalue weighted by Crippen LogP contribution is 2.22. The van der Waals surface area contributed by atoms with Crippen LogP contribution in [0.3, 0.4) is 0 Å². The monoisotopic (exact) mass is 661 g/mol. The number of phenolic OH excluding ortho intramolecular Hbond substituents is 1. The summed E-state index contributed by atoms with van der Waals surface area (Å²) in [6.45, 7) is 1.50. The quantitative estimate of drug-likeness (QED) is 0.157. The second-order valence-corrected chi connectivity index (χ2v) is 10.0. The van der Waals surface area contributed by atoms with E-state index < -0.39 is 0 Å². The number of pyridine rings is 3. The van der Waals surface area contributed by atoms with E-state index in [1.165, 1.54) is 11.1 Å². The first-order valence-electron chi connectivity index (χ1n) is 14.6. The number of rotatable bonds is 7. The Labute approximate surface area is 290 Å². The van der Waals surface area contributed by atoms with Crippen LogP contribution in [-0.4, -0.2) is 27.2 Å². The average Bonchev–Trinajstić information content (AvgIpc) is 3.11. The predicted molar refractivity (Wildman–Crippen MR) is 204 cm³/mol. The van der Waals surface area contributed by atoms with E-state index in [1.807, 2.05) is 97.1 Å². The number of nitrogens with one attached hydrogen (secondary N) is 2. The maximum absolute atomic E-state index is 9.47. The summed E-state index contributed by atoms with van der Waals surface area (Å²) >= 11 is 0. The molecule has 3 heterocycles. The van der Waals surface area contributed by atoms with Crippen LogP contribution in [0.1, 0.15) is 26.0 Å². The fourth-order valence-electron chi connectivity index (χ4n) is 4.42. The van der Waals surface area contributed by atoms with Gasteiger partial charge in [-0.25, -0.2) is 9.97 Å². The number of aromatic nitrogens is 3. The number of fused-ring (bicyclic) bond motifs is 2. The van der Waals surface area contributed by atoms with E-state index in [4.69, 9.17) is 4.74 Å². The van der Waals surface area contributed by atoms with Crippen LogP contribution in [0.2, 0.25) is 0 Å². The Hall–Kier alpha value is -5.66. The van der Waals surface area contributed by atoms with E-state index in [2.05, 4.69) is 55.9 Å². The van der Waals surface area contributed by atoms with E-state index in [1.54, 1.807) is 31.6 Å². The third-order valence-corrected chi connectivity index (χ3v) is 6.77. The zero-order valence-electron chi connectivity index (χ0n) is 25.5. The van der Waals surface area contributed by atoms with Gasteiger partial charge in [0.1, 0.15) is 23.1 Å². The molecule has 0 unspecified atom stereocenters. The summed E-state index contributed by atoms with van der Waals surface area (Å²) in [4.78, 5) is 12.9. The van der Waals surface area contributed by atoms with Gasteiger partial charge in [-0.3, -0.25) is 4.98 Å². The van der Waals surface area contributed by atoms with Gasteiger partial charge >= 0.3 is 0 Å². The van der Waals surface area contributed by atoms with Gasteiger partial charge < -0.3 is 20.5 Å². The fraction of sp³-hybridized carbons (Fsp3) is 0.125. The first-order valence-corrected chi connectivity index (χ1v) is 14.6. The Morgan fingerprint density at radius 3 is 1.48 bits per heavy atom. The van der Waals surface area contributed by atoms with Crippen molar-refractivity contribution in [1.29, 1.82) is 0 Å². The van der Waals surface area contributed by atoms with Gasteiger partial charge in [0.2, 0.25) is 0 Å².